The number of hydrogen-bond acceptors (Lipinski definition) is 3. The van der Waals surface area contributed by atoms with Gasteiger partial charge >= 0.3 is 0 Å². The summed E-state index contributed by atoms with van der Waals surface area (Å²) in [6.45, 7) is 3.67. The first-order valence-corrected chi connectivity index (χ1v) is 7.20. The molecule has 1 N–H and O–H groups in total. The standard InChI is InChI=1S/C12H12BrClN2S/c1-8-16-7-10(17-8)6-15-5-9-2-3-11(13)12(14)4-9/h2-4,7,15H,5-6H2,1H3. The molecule has 0 unspecified atom stereocenters. The van der Waals surface area contributed by atoms with Crippen LogP contribution in [0.2, 0.25) is 5.02 Å². The summed E-state index contributed by atoms with van der Waals surface area (Å²) in [4.78, 5) is 5.47. The van der Waals surface area contributed by atoms with Crippen molar-refractivity contribution in [1.29, 1.82) is 0 Å². The maximum atomic E-state index is 6.03. The van der Waals surface area contributed by atoms with E-state index in [0.717, 1.165) is 27.6 Å². The molecule has 17 heavy (non-hydrogen) atoms. The van der Waals surface area contributed by atoms with Crippen LogP contribution >= 0.6 is 38.9 Å². The van der Waals surface area contributed by atoms with Crippen LogP contribution in [-0.2, 0) is 13.1 Å². The molecular formula is C12H12BrClN2S. The van der Waals surface area contributed by atoms with Gasteiger partial charge in [0, 0.05) is 28.6 Å². The van der Waals surface area contributed by atoms with Gasteiger partial charge in [-0.3, -0.25) is 0 Å². The minimum absolute atomic E-state index is 0.748. The maximum Gasteiger partial charge on any atom is 0.0897 e. The van der Waals surface area contributed by atoms with Crippen molar-refractivity contribution in [2.45, 2.75) is 20.0 Å². The number of nitrogens with zero attached hydrogens (tertiary/aromatic N) is 1. The van der Waals surface area contributed by atoms with Gasteiger partial charge in [-0.05, 0) is 40.5 Å². The van der Waals surface area contributed by atoms with Crippen LogP contribution in [-0.4, -0.2) is 4.98 Å². The molecule has 0 radical (unpaired) electrons. The van der Waals surface area contributed by atoms with Gasteiger partial charge in [-0.2, -0.15) is 0 Å². The Balaban J connectivity index is 1.87. The number of hydrogen-bond donors (Lipinski definition) is 1. The van der Waals surface area contributed by atoms with Crippen molar-refractivity contribution in [3.05, 3.63) is 49.3 Å². The summed E-state index contributed by atoms with van der Waals surface area (Å²) < 4.78 is 0.931. The van der Waals surface area contributed by atoms with Gasteiger partial charge < -0.3 is 5.32 Å². The van der Waals surface area contributed by atoms with Gasteiger partial charge in [0.1, 0.15) is 0 Å². The van der Waals surface area contributed by atoms with Gasteiger partial charge in [0.15, 0.2) is 0 Å². The Kier molecular flexibility index (Phi) is 4.56. The molecule has 0 bridgehead atoms. The van der Waals surface area contributed by atoms with E-state index in [1.807, 2.05) is 25.3 Å². The number of nitrogens with one attached hydrogen (secondary N) is 1. The van der Waals surface area contributed by atoms with E-state index in [0.29, 0.717) is 0 Å². The van der Waals surface area contributed by atoms with E-state index in [4.69, 9.17) is 11.6 Å². The van der Waals surface area contributed by atoms with Crippen LogP contribution in [0.1, 0.15) is 15.4 Å². The van der Waals surface area contributed by atoms with Crippen LogP contribution < -0.4 is 5.32 Å². The Labute approximate surface area is 118 Å². The van der Waals surface area contributed by atoms with E-state index in [2.05, 4.69) is 32.3 Å². The summed E-state index contributed by atoms with van der Waals surface area (Å²) >= 11 is 11.1. The first-order chi connectivity index (χ1) is 8.15. The topological polar surface area (TPSA) is 24.9 Å². The molecular weight excluding hydrogens is 320 g/mol. The molecule has 0 amide bonds. The van der Waals surface area contributed by atoms with Gasteiger partial charge in [-0.15, -0.1) is 11.3 Å². The number of thiazole rings is 1. The minimum Gasteiger partial charge on any atom is -0.308 e. The van der Waals surface area contributed by atoms with Crippen LogP contribution in [0.5, 0.6) is 0 Å². The molecule has 90 valence electrons. The predicted octanol–water partition coefficient (Wildman–Crippen LogP) is 4.16. The molecule has 0 saturated heterocycles. The van der Waals surface area contributed by atoms with E-state index in [-0.39, 0.29) is 0 Å². The fourth-order valence-corrected chi connectivity index (χ4v) is 2.68. The van der Waals surface area contributed by atoms with Gasteiger partial charge in [0.25, 0.3) is 0 Å². The first-order valence-electron chi connectivity index (χ1n) is 5.21. The Morgan fingerprint density at radius 3 is 2.88 bits per heavy atom. The molecule has 2 aromatic rings. The molecule has 0 atom stereocenters. The highest BCUT2D eigenvalue weighted by atomic mass is 79.9. The lowest BCUT2D eigenvalue weighted by atomic mass is 10.2. The SMILES string of the molecule is Cc1ncc(CNCc2ccc(Br)c(Cl)c2)s1. The molecule has 0 spiro atoms. The van der Waals surface area contributed by atoms with Crippen molar-refractivity contribution < 1.29 is 0 Å². The van der Waals surface area contributed by atoms with Crippen LogP contribution in [0.3, 0.4) is 0 Å². The van der Waals surface area contributed by atoms with Crippen molar-refractivity contribution in [2.75, 3.05) is 0 Å². The Hall–Kier alpha value is -0.420. The number of halogens is 2. The summed E-state index contributed by atoms with van der Waals surface area (Å²) in [5, 5.41) is 5.23. The highest BCUT2D eigenvalue weighted by Crippen LogP contribution is 2.23. The second kappa shape index (κ2) is 5.96. The zero-order chi connectivity index (χ0) is 12.3. The molecule has 0 saturated carbocycles. The van der Waals surface area contributed by atoms with Gasteiger partial charge in [0.2, 0.25) is 0 Å². The average Bonchev–Trinajstić information content (AvgIpc) is 2.70. The summed E-state index contributed by atoms with van der Waals surface area (Å²) in [6, 6.07) is 5.99. The van der Waals surface area contributed by atoms with Crippen molar-refractivity contribution in [1.82, 2.24) is 10.3 Å². The summed E-state index contributed by atoms with van der Waals surface area (Å²) in [6.07, 6.45) is 1.92. The minimum atomic E-state index is 0.748. The lowest BCUT2D eigenvalue weighted by molar-refractivity contribution is 0.700. The lowest BCUT2D eigenvalue weighted by Crippen LogP contribution is -2.11. The highest BCUT2D eigenvalue weighted by Gasteiger charge is 2.00. The Bertz CT molecular complexity index is 513. The summed E-state index contributed by atoms with van der Waals surface area (Å²) in [5.41, 5.74) is 1.18. The third-order valence-corrected chi connectivity index (χ3v) is 4.43. The molecule has 5 heteroatoms. The summed E-state index contributed by atoms with van der Waals surface area (Å²) in [5.74, 6) is 0. The molecule has 0 aliphatic carbocycles. The molecule has 0 aliphatic rings. The number of benzene rings is 1. The summed E-state index contributed by atoms with van der Waals surface area (Å²) in [7, 11) is 0. The fraction of sp³-hybridized carbons (Fsp3) is 0.250. The molecule has 1 heterocycles. The van der Waals surface area contributed by atoms with Crippen molar-refractivity contribution >= 4 is 38.9 Å². The molecule has 2 nitrogen and oxygen atoms in total. The van der Waals surface area contributed by atoms with E-state index < -0.39 is 0 Å². The number of aromatic nitrogens is 1. The van der Waals surface area contributed by atoms with Crippen molar-refractivity contribution in [2.24, 2.45) is 0 Å². The average molecular weight is 332 g/mol. The van der Waals surface area contributed by atoms with Crippen LogP contribution in [0.25, 0.3) is 0 Å². The zero-order valence-corrected chi connectivity index (χ0v) is 12.5. The quantitative estimate of drug-likeness (QED) is 0.910. The van der Waals surface area contributed by atoms with Crippen LogP contribution in [0, 0.1) is 6.92 Å². The van der Waals surface area contributed by atoms with E-state index in [1.54, 1.807) is 11.3 Å². The highest BCUT2D eigenvalue weighted by molar-refractivity contribution is 9.10. The third-order valence-electron chi connectivity index (χ3n) is 2.28. The molecule has 1 aromatic heterocycles. The Morgan fingerprint density at radius 2 is 2.24 bits per heavy atom. The van der Waals surface area contributed by atoms with E-state index in [1.165, 1.54) is 10.4 Å². The van der Waals surface area contributed by atoms with E-state index >= 15 is 0 Å². The van der Waals surface area contributed by atoms with Crippen LogP contribution in [0.15, 0.2) is 28.9 Å². The van der Waals surface area contributed by atoms with E-state index in [9.17, 15) is 0 Å². The number of rotatable bonds is 4. The van der Waals surface area contributed by atoms with Gasteiger partial charge in [0.05, 0.1) is 10.0 Å². The largest absolute Gasteiger partial charge is 0.308 e. The predicted molar refractivity (Wildman–Crippen MR) is 76.5 cm³/mol. The fourth-order valence-electron chi connectivity index (χ4n) is 1.47. The van der Waals surface area contributed by atoms with Crippen molar-refractivity contribution in [3.63, 3.8) is 0 Å². The second-order valence-electron chi connectivity index (χ2n) is 3.70. The molecule has 0 aliphatic heterocycles. The lowest BCUT2D eigenvalue weighted by Gasteiger charge is -2.04. The van der Waals surface area contributed by atoms with Crippen LogP contribution in [0.4, 0.5) is 0 Å². The molecule has 0 fully saturated rings. The van der Waals surface area contributed by atoms with Crippen molar-refractivity contribution in [3.8, 4) is 0 Å². The molecule has 2 rings (SSSR count). The monoisotopic (exact) mass is 330 g/mol. The zero-order valence-electron chi connectivity index (χ0n) is 9.34. The first kappa shape index (κ1) is 13.0. The second-order valence-corrected chi connectivity index (χ2v) is 6.28. The smallest absolute Gasteiger partial charge is 0.0897 e. The maximum absolute atomic E-state index is 6.03. The van der Waals surface area contributed by atoms with Gasteiger partial charge in [-0.1, -0.05) is 17.7 Å². The normalized spacial score (nSPS) is 10.8. The van der Waals surface area contributed by atoms with Gasteiger partial charge in [-0.25, -0.2) is 4.98 Å². The third kappa shape index (κ3) is 3.78. The Morgan fingerprint density at radius 1 is 1.41 bits per heavy atom. The molecule has 1 aromatic carbocycles. The number of aryl methyl sites for hydroxylation is 1.